The van der Waals surface area contributed by atoms with Gasteiger partial charge in [-0.15, -0.1) is 6.42 Å². The molecule has 0 heterocycles. The lowest BCUT2D eigenvalue weighted by Gasteiger charge is -1.97. The largest absolute Gasteiger partial charge is 0.368 e. The Morgan fingerprint density at radius 1 is 1.80 bits per heavy atom. The number of nitrogens with one attached hydrogen (secondary N) is 1. The third kappa shape index (κ3) is 5.09. The highest BCUT2D eigenvalue weighted by Crippen LogP contribution is 1.80. The van der Waals surface area contributed by atoms with Crippen LogP contribution in [0.25, 0.3) is 0 Å². The van der Waals surface area contributed by atoms with E-state index < -0.39 is 5.91 Å². The summed E-state index contributed by atoms with van der Waals surface area (Å²) in [5.74, 6) is 1.77. The van der Waals surface area contributed by atoms with E-state index in [0.29, 0.717) is 0 Å². The topological polar surface area (TPSA) is 58.6 Å². The lowest BCUT2D eigenvalue weighted by Crippen LogP contribution is -2.20. The first kappa shape index (κ1) is 8.95. The summed E-state index contributed by atoms with van der Waals surface area (Å²) in [6.07, 6.45) is 4.98. The standard InChI is InChI=1S/C6H9NO3/c1-2-4-10-5-3-6(8)7-9/h1,9H,3-5H2,(H,7,8). The van der Waals surface area contributed by atoms with Crippen LogP contribution in [0.1, 0.15) is 6.42 Å². The third-order valence-corrected chi connectivity index (χ3v) is 0.784. The first-order valence-electron chi connectivity index (χ1n) is 2.75. The van der Waals surface area contributed by atoms with Crippen molar-refractivity contribution in [3.8, 4) is 12.3 Å². The van der Waals surface area contributed by atoms with Gasteiger partial charge in [-0.1, -0.05) is 5.92 Å². The Hall–Kier alpha value is -1.05. The van der Waals surface area contributed by atoms with Crippen molar-refractivity contribution in [3.05, 3.63) is 0 Å². The normalized spacial score (nSPS) is 8.40. The van der Waals surface area contributed by atoms with E-state index in [2.05, 4.69) is 5.92 Å². The van der Waals surface area contributed by atoms with Gasteiger partial charge in [0.1, 0.15) is 6.61 Å². The third-order valence-electron chi connectivity index (χ3n) is 0.784. The number of hydroxylamine groups is 1. The van der Waals surface area contributed by atoms with Crippen LogP contribution in [0.15, 0.2) is 0 Å². The number of rotatable bonds is 4. The number of carbonyl (C=O) groups is 1. The lowest BCUT2D eigenvalue weighted by atomic mass is 10.4. The molecule has 0 unspecified atom stereocenters. The number of hydrogen-bond acceptors (Lipinski definition) is 3. The van der Waals surface area contributed by atoms with Crippen molar-refractivity contribution in [3.63, 3.8) is 0 Å². The zero-order valence-electron chi connectivity index (χ0n) is 5.46. The quantitative estimate of drug-likeness (QED) is 0.242. The van der Waals surface area contributed by atoms with Crippen molar-refractivity contribution < 1.29 is 14.7 Å². The van der Waals surface area contributed by atoms with E-state index >= 15 is 0 Å². The molecular weight excluding hydrogens is 134 g/mol. The van der Waals surface area contributed by atoms with Crippen LogP contribution in [0.3, 0.4) is 0 Å². The summed E-state index contributed by atoms with van der Waals surface area (Å²) in [6, 6.07) is 0. The predicted octanol–water partition coefficient (Wildman–Crippen LogP) is -0.468. The molecule has 0 fully saturated rings. The Balaban J connectivity index is 3.05. The minimum atomic E-state index is -0.475. The summed E-state index contributed by atoms with van der Waals surface area (Å²) in [4.78, 5) is 10.3. The van der Waals surface area contributed by atoms with Gasteiger partial charge >= 0.3 is 0 Å². The van der Waals surface area contributed by atoms with E-state index in [1.165, 1.54) is 5.48 Å². The molecule has 0 aliphatic carbocycles. The Morgan fingerprint density at radius 2 is 2.50 bits per heavy atom. The lowest BCUT2D eigenvalue weighted by molar-refractivity contribution is -0.130. The minimum absolute atomic E-state index is 0.123. The Labute approximate surface area is 59.1 Å². The molecule has 56 valence electrons. The van der Waals surface area contributed by atoms with Crippen LogP contribution in [-0.2, 0) is 9.53 Å². The molecule has 0 saturated heterocycles. The highest BCUT2D eigenvalue weighted by Gasteiger charge is 1.96. The Kier molecular flexibility index (Phi) is 5.44. The fourth-order valence-electron chi connectivity index (χ4n) is 0.352. The SMILES string of the molecule is C#CCOCCC(=O)NO. The van der Waals surface area contributed by atoms with E-state index in [0.717, 1.165) is 0 Å². The van der Waals surface area contributed by atoms with Crippen LogP contribution in [0.5, 0.6) is 0 Å². The summed E-state index contributed by atoms with van der Waals surface area (Å²) < 4.78 is 4.75. The molecule has 4 nitrogen and oxygen atoms in total. The van der Waals surface area contributed by atoms with Crippen molar-refractivity contribution in [1.29, 1.82) is 0 Å². The molecule has 0 bridgehead atoms. The van der Waals surface area contributed by atoms with Gasteiger partial charge in [0.25, 0.3) is 0 Å². The Bertz CT molecular complexity index is 138. The summed E-state index contributed by atoms with van der Waals surface area (Å²) in [6.45, 7) is 0.426. The van der Waals surface area contributed by atoms with Gasteiger partial charge in [-0.05, 0) is 0 Å². The number of carbonyl (C=O) groups excluding carboxylic acids is 1. The van der Waals surface area contributed by atoms with Crippen LogP contribution in [-0.4, -0.2) is 24.3 Å². The predicted molar refractivity (Wildman–Crippen MR) is 34.2 cm³/mol. The monoisotopic (exact) mass is 143 g/mol. The molecule has 0 rings (SSSR count). The van der Waals surface area contributed by atoms with Gasteiger partial charge in [-0.3, -0.25) is 10.0 Å². The van der Waals surface area contributed by atoms with E-state index in [-0.39, 0.29) is 19.6 Å². The van der Waals surface area contributed by atoms with E-state index in [4.69, 9.17) is 16.4 Å². The van der Waals surface area contributed by atoms with Gasteiger partial charge in [-0.2, -0.15) is 0 Å². The van der Waals surface area contributed by atoms with Gasteiger partial charge in [-0.25, -0.2) is 5.48 Å². The fourth-order valence-corrected chi connectivity index (χ4v) is 0.352. The summed E-state index contributed by atoms with van der Waals surface area (Å²) in [5.41, 5.74) is 1.47. The first-order valence-corrected chi connectivity index (χ1v) is 2.75. The summed E-state index contributed by atoms with van der Waals surface area (Å²) in [5, 5.41) is 8.00. The van der Waals surface area contributed by atoms with Gasteiger partial charge in [0.2, 0.25) is 5.91 Å². The van der Waals surface area contributed by atoms with Gasteiger partial charge < -0.3 is 4.74 Å². The molecule has 0 aliphatic heterocycles. The highest BCUT2D eigenvalue weighted by molar-refractivity contribution is 5.74. The second kappa shape index (κ2) is 6.08. The average molecular weight is 143 g/mol. The van der Waals surface area contributed by atoms with Crippen LogP contribution < -0.4 is 5.48 Å². The number of terminal acetylenes is 1. The first-order chi connectivity index (χ1) is 4.81. The van der Waals surface area contributed by atoms with Crippen LogP contribution in [0.4, 0.5) is 0 Å². The van der Waals surface area contributed by atoms with Crippen molar-refractivity contribution in [2.45, 2.75) is 6.42 Å². The molecule has 0 aromatic rings. The van der Waals surface area contributed by atoms with Crippen molar-refractivity contribution in [2.75, 3.05) is 13.2 Å². The smallest absolute Gasteiger partial charge is 0.245 e. The Morgan fingerprint density at radius 3 is 3.00 bits per heavy atom. The van der Waals surface area contributed by atoms with Gasteiger partial charge in [0.15, 0.2) is 0 Å². The molecule has 0 aliphatic rings. The molecule has 2 N–H and O–H groups in total. The van der Waals surface area contributed by atoms with Crippen LogP contribution in [0.2, 0.25) is 0 Å². The van der Waals surface area contributed by atoms with Gasteiger partial charge in [0.05, 0.1) is 13.0 Å². The zero-order chi connectivity index (χ0) is 7.82. The number of hydrogen-bond donors (Lipinski definition) is 2. The average Bonchev–Trinajstić information content (AvgIpc) is 1.98. The summed E-state index contributed by atoms with van der Waals surface area (Å²) in [7, 11) is 0. The maximum Gasteiger partial charge on any atom is 0.245 e. The molecule has 0 saturated carbocycles. The molecule has 0 atom stereocenters. The second-order valence-electron chi connectivity index (χ2n) is 1.54. The van der Waals surface area contributed by atoms with E-state index in [1.54, 1.807) is 0 Å². The minimum Gasteiger partial charge on any atom is -0.368 e. The molecule has 1 amide bonds. The highest BCUT2D eigenvalue weighted by atomic mass is 16.5. The van der Waals surface area contributed by atoms with Crippen molar-refractivity contribution in [2.24, 2.45) is 0 Å². The van der Waals surface area contributed by atoms with E-state index in [1.807, 2.05) is 0 Å². The molecule has 0 aromatic heterocycles. The zero-order valence-corrected chi connectivity index (χ0v) is 5.46. The van der Waals surface area contributed by atoms with Crippen LogP contribution >= 0.6 is 0 Å². The van der Waals surface area contributed by atoms with Crippen molar-refractivity contribution >= 4 is 5.91 Å². The number of amides is 1. The second-order valence-corrected chi connectivity index (χ2v) is 1.54. The molecule has 10 heavy (non-hydrogen) atoms. The molecular formula is C6H9NO3. The van der Waals surface area contributed by atoms with Crippen LogP contribution in [0, 0.1) is 12.3 Å². The van der Waals surface area contributed by atoms with Crippen molar-refractivity contribution in [1.82, 2.24) is 5.48 Å². The maximum absolute atomic E-state index is 10.3. The molecule has 0 radical (unpaired) electrons. The maximum atomic E-state index is 10.3. The molecule has 0 spiro atoms. The molecule has 4 heteroatoms. The summed E-state index contributed by atoms with van der Waals surface area (Å²) >= 11 is 0. The van der Waals surface area contributed by atoms with E-state index in [9.17, 15) is 4.79 Å². The number of ether oxygens (including phenoxy) is 1. The fraction of sp³-hybridized carbons (Fsp3) is 0.500. The molecule has 0 aromatic carbocycles. The van der Waals surface area contributed by atoms with Gasteiger partial charge in [0, 0.05) is 0 Å².